The van der Waals surface area contributed by atoms with Crippen LogP contribution in [0, 0.1) is 0 Å². The van der Waals surface area contributed by atoms with Gasteiger partial charge in [0.2, 0.25) is 0 Å². The fourth-order valence-corrected chi connectivity index (χ4v) is 5.68. The zero-order valence-corrected chi connectivity index (χ0v) is 21.4. The fourth-order valence-electron chi connectivity index (χ4n) is 2.87. The molecule has 23 heteroatoms. The molecular formula is C14H26N3O17P3. The van der Waals surface area contributed by atoms with Gasteiger partial charge in [-0.3, -0.25) is 18.1 Å². The van der Waals surface area contributed by atoms with Crippen molar-refractivity contribution in [3.05, 3.63) is 22.7 Å². The number of hydrogen-bond acceptors (Lipinski definition) is 15. The standard InChI is InChI=1S/C14H26N3O17P3/c1-14(6-18,33-35(23,24)25)8(19)5-31-37(28,29)34-36(26,27)30-4-7-10(20)11(21)12(32-7)17-3-2-9(15)16-13(17)22/h2-3,7-8,10-12,18-21H,4-6H2,1H3,(H,26,27)(H,28,29)(H2,15,16,22)(H2,23,24,25)/t7-,8+,10-,11-,12-,14-/m1/s1. The van der Waals surface area contributed by atoms with Crippen LogP contribution < -0.4 is 11.4 Å². The van der Waals surface area contributed by atoms with Crippen molar-refractivity contribution in [2.75, 3.05) is 25.6 Å². The zero-order chi connectivity index (χ0) is 28.4. The molecular weight excluding hydrogens is 575 g/mol. The van der Waals surface area contributed by atoms with Gasteiger partial charge in [-0.1, -0.05) is 0 Å². The second-order valence-electron chi connectivity index (χ2n) is 7.77. The van der Waals surface area contributed by atoms with Crippen LogP contribution in [0.1, 0.15) is 13.2 Å². The van der Waals surface area contributed by atoms with Crippen molar-refractivity contribution in [1.82, 2.24) is 9.55 Å². The first-order chi connectivity index (χ1) is 16.8. The van der Waals surface area contributed by atoms with Gasteiger partial charge < -0.3 is 50.5 Å². The summed E-state index contributed by atoms with van der Waals surface area (Å²) < 4.78 is 58.2. The summed E-state index contributed by atoms with van der Waals surface area (Å²) in [6, 6.07) is 1.20. The maximum absolute atomic E-state index is 12.1. The largest absolute Gasteiger partial charge is 0.481 e. The lowest BCUT2D eigenvalue weighted by Crippen LogP contribution is -2.47. The number of rotatable bonds is 13. The van der Waals surface area contributed by atoms with Gasteiger partial charge in [0.05, 0.1) is 19.8 Å². The molecule has 0 bridgehead atoms. The third-order valence-corrected chi connectivity index (χ3v) is 8.07. The maximum atomic E-state index is 12.1. The minimum Gasteiger partial charge on any atom is -0.393 e. The molecule has 214 valence electrons. The van der Waals surface area contributed by atoms with Gasteiger partial charge in [-0.15, -0.1) is 0 Å². The smallest absolute Gasteiger partial charge is 0.393 e. The average molecular weight is 601 g/mol. The molecule has 1 aliphatic rings. The molecule has 1 aromatic rings. The molecule has 10 N–H and O–H groups in total. The predicted octanol–water partition coefficient (Wildman–Crippen LogP) is -3.08. The van der Waals surface area contributed by atoms with Crippen molar-refractivity contribution >= 4 is 29.3 Å². The van der Waals surface area contributed by atoms with Crippen LogP contribution in [0.15, 0.2) is 17.1 Å². The lowest BCUT2D eigenvalue weighted by Gasteiger charge is -2.32. The van der Waals surface area contributed by atoms with Crippen LogP contribution in [-0.4, -0.2) is 99.4 Å². The molecule has 1 aromatic heterocycles. The molecule has 0 aromatic carbocycles. The van der Waals surface area contributed by atoms with E-state index in [1.165, 1.54) is 6.07 Å². The van der Waals surface area contributed by atoms with Crippen LogP contribution in [0.3, 0.4) is 0 Å². The average Bonchev–Trinajstić information content (AvgIpc) is 3.02. The minimum absolute atomic E-state index is 0.133. The summed E-state index contributed by atoms with van der Waals surface area (Å²) >= 11 is 0. The summed E-state index contributed by atoms with van der Waals surface area (Å²) in [5.74, 6) is -0.133. The van der Waals surface area contributed by atoms with Crippen molar-refractivity contribution in [3.63, 3.8) is 0 Å². The number of phosphoric ester groups is 3. The van der Waals surface area contributed by atoms with E-state index >= 15 is 0 Å². The van der Waals surface area contributed by atoms with E-state index in [0.29, 0.717) is 0 Å². The molecule has 37 heavy (non-hydrogen) atoms. The van der Waals surface area contributed by atoms with Gasteiger partial charge in [-0.05, 0) is 13.0 Å². The molecule has 2 unspecified atom stereocenters. The van der Waals surface area contributed by atoms with Crippen molar-refractivity contribution in [3.8, 4) is 0 Å². The lowest BCUT2D eigenvalue weighted by molar-refractivity contribution is -0.101. The summed E-state index contributed by atoms with van der Waals surface area (Å²) in [7, 11) is -16.2. The van der Waals surface area contributed by atoms with E-state index in [1.54, 1.807) is 0 Å². The van der Waals surface area contributed by atoms with Crippen LogP contribution in [0.25, 0.3) is 0 Å². The normalized spacial score (nSPS) is 28.2. The molecule has 1 saturated heterocycles. The summed E-state index contributed by atoms with van der Waals surface area (Å²) in [6.07, 6.45) is -7.61. The van der Waals surface area contributed by atoms with E-state index in [2.05, 4.69) is 22.9 Å². The van der Waals surface area contributed by atoms with E-state index in [1.807, 2.05) is 0 Å². The monoisotopic (exact) mass is 601 g/mol. The first-order valence-electron chi connectivity index (χ1n) is 9.87. The first-order valence-corrected chi connectivity index (χ1v) is 14.4. The van der Waals surface area contributed by atoms with Crippen molar-refractivity contribution < 1.29 is 76.3 Å². The highest BCUT2D eigenvalue weighted by Crippen LogP contribution is 2.60. The number of hydrogen-bond donors (Lipinski definition) is 9. The van der Waals surface area contributed by atoms with Crippen LogP contribution in [0.2, 0.25) is 0 Å². The Morgan fingerprint density at radius 3 is 2.30 bits per heavy atom. The van der Waals surface area contributed by atoms with Gasteiger partial charge in [0, 0.05) is 6.20 Å². The molecule has 20 nitrogen and oxygen atoms in total. The highest BCUT2D eigenvalue weighted by atomic mass is 31.3. The molecule has 0 amide bonds. The molecule has 1 fully saturated rings. The Morgan fingerprint density at radius 2 is 1.76 bits per heavy atom. The number of nitrogens with zero attached hydrogens (tertiary/aromatic N) is 2. The minimum atomic E-state index is -5.51. The number of ether oxygens (including phenoxy) is 1. The highest BCUT2D eigenvalue weighted by Gasteiger charge is 2.46. The van der Waals surface area contributed by atoms with Crippen molar-refractivity contribution in [1.29, 1.82) is 0 Å². The van der Waals surface area contributed by atoms with Gasteiger partial charge in [-0.25, -0.2) is 18.5 Å². The molecule has 1 aliphatic heterocycles. The van der Waals surface area contributed by atoms with E-state index < -0.39 is 85.2 Å². The summed E-state index contributed by atoms with van der Waals surface area (Å²) in [5.41, 5.74) is 2.04. The Hall–Kier alpha value is -1.15. The van der Waals surface area contributed by atoms with Crippen LogP contribution in [-0.2, 0) is 36.3 Å². The van der Waals surface area contributed by atoms with Crippen LogP contribution >= 0.6 is 23.5 Å². The number of nitrogen functional groups attached to an aromatic ring is 1. The third-order valence-electron chi connectivity index (χ3n) is 4.81. The number of phosphoric acid groups is 3. The predicted molar refractivity (Wildman–Crippen MR) is 116 cm³/mol. The zero-order valence-electron chi connectivity index (χ0n) is 18.7. The van der Waals surface area contributed by atoms with Crippen LogP contribution in [0.4, 0.5) is 5.82 Å². The van der Waals surface area contributed by atoms with E-state index in [9.17, 15) is 48.7 Å². The molecule has 0 saturated carbocycles. The van der Waals surface area contributed by atoms with Gasteiger partial charge >= 0.3 is 29.2 Å². The van der Waals surface area contributed by atoms with E-state index in [4.69, 9.17) is 20.3 Å². The SMILES string of the molecule is C[C@](CO)(OP(=O)(O)O)[C@@H](O)COP(=O)(O)OP(=O)(O)OC[C@H]1O[C@@H](n2ccc(N)nc2=O)[C@H](O)[C@@H]1O. The molecule has 0 radical (unpaired) electrons. The lowest BCUT2D eigenvalue weighted by atomic mass is 10.0. The van der Waals surface area contributed by atoms with Gasteiger partial charge in [-0.2, -0.15) is 9.29 Å². The quantitative estimate of drug-likeness (QED) is 0.101. The van der Waals surface area contributed by atoms with Crippen molar-refractivity contribution in [2.24, 2.45) is 0 Å². The van der Waals surface area contributed by atoms with Crippen LogP contribution in [0.5, 0.6) is 0 Å². The summed E-state index contributed by atoms with van der Waals surface area (Å²) in [4.78, 5) is 52.4. The Kier molecular flexibility index (Phi) is 10.3. The van der Waals surface area contributed by atoms with Gasteiger partial charge in [0.25, 0.3) is 0 Å². The Labute approximate surface area is 207 Å². The topological polar surface area (TPSA) is 320 Å². The first kappa shape index (κ1) is 32.1. The molecule has 8 atom stereocenters. The maximum Gasteiger partial charge on any atom is 0.481 e. The summed E-state index contributed by atoms with van der Waals surface area (Å²) in [6.45, 7) is -2.66. The van der Waals surface area contributed by atoms with Gasteiger partial charge in [0.15, 0.2) is 6.23 Å². The molecule has 0 spiro atoms. The highest BCUT2D eigenvalue weighted by molar-refractivity contribution is 7.61. The van der Waals surface area contributed by atoms with E-state index in [-0.39, 0.29) is 5.82 Å². The number of aliphatic hydroxyl groups is 4. The fraction of sp³-hybridized carbons (Fsp3) is 0.714. The Balaban J connectivity index is 1.97. The number of aromatic nitrogens is 2. The van der Waals surface area contributed by atoms with E-state index in [0.717, 1.165) is 17.7 Å². The number of anilines is 1. The molecule has 2 rings (SSSR count). The van der Waals surface area contributed by atoms with Crippen molar-refractivity contribution in [2.45, 2.75) is 43.2 Å². The number of aliphatic hydroxyl groups excluding tert-OH is 4. The second kappa shape index (κ2) is 11.9. The number of nitrogens with two attached hydrogens (primary N) is 1. The third kappa shape index (κ3) is 8.94. The molecule has 2 heterocycles. The molecule has 0 aliphatic carbocycles. The summed E-state index contributed by atoms with van der Waals surface area (Å²) in [5, 5.41) is 39.4. The second-order valence-corrected chi connectivity index (χ2v) is 12.0. The Bertz CT molecular complexity index is 1140. The Morgan fingerprint density at radius 1 is 1.16 bits per heavy atom. The van der Waals surface area contributed by atoms with Gasteiger partial charge in [0.1, 0.15) is 35.8 Å².